The second-order valence-corrected chi connectivity index (χ2v) is 0. The van der Waals surface area contributed by atoms with E-state index in [1.54, 1.807) is 0 Å². The van der Waals surface area contributed by atoms with Gasteiger partial charge in [-0.15, -0.1) is 0 Å². The summed E-state index contributed by atoms with van der Waals surface area (Å²) in [6.07, 6.45) is 0. The van der Waals surface area contributed by atoms with Crippen LogP contribution in [0.5, 0.6) is 0 Å². The Morgan fingerprint density at radius 2 is 0.444 bits per heavy atom. The smallest absolute Gasteiger partial charge is 0.323 e. The average molecular weight is 432 g/mol. The molecule has 0 aromatic rings. The van der Waals surface area contributed by atoms with E-state index in [1.807, 2.05) is 0 Å². The fraction of sp³-hybridized carbons (Fsp3) is 0. The minimum Gasteiger partial charge on any atom is -0.323 e. The molecule has 0 unspecified atom stereocenters. The molecule has 0 heterocycles. The van der Waals surface area contributed by atoms with Crippen molar-refractivity contribution in [1.29, 1.82) is 0 Å². The first kappa shape index (κ1) is 30.1. The molecule has 0 amide bonds. The molecule has 9 heavy (non-hydrogen) atoms. The van der Waals surface area contributed by atoms with E-state index in [-0.39, 0.29) is 17.1 Å². The molecule has 0 N–H and O–H groups in total. The Hall–Kier alpha value is 2.44. The minimum absolute atomic E-state index is 0. The van der Waals surface area contributed by atoms with Crippen LogP contribution >= 0.6 is 63.7 Å². The van der Waals surface area contributed by atoms with Gasteiger partial charge in [-0.1, -0.05) is 0 Å². The molecule has 0 saturated heterocycles. The van der Waals surface area contributed by atoms with Crippen LogP contribution < -0.4 is 0 Å². The fourth-order valence-corrected chi connectivity index (χ4v) is 0. The zero-order valence-electron chi connectivity index (χ0n) is 4.69. The molecule has 5 heteroatoms. The summed E-state index contributed by atoms with van der Waals surface area (Å²) in [6.45, 7) is 0. The first-order valence-electron chi connectivity index (χ1n) is 1.07. The predicted octanol–water partition coefficient (Wildman–Crippen LogP) is 4.69. The van der Waals surface area contributed by atoms with Gasteiger partial charge in [0.05, 0.1) is 0 Å². The number of hydrogen-bond donors (Lipinski definition) is 0. The fourth-order valence-electron chi connectivity index (χ4n) is 0. The van der Waals surface area contributed by atoms with E-state index in [4.69, 9.17) is 0 Å². The Morgan fingerprint density at radius 1 is 0.444 bits per heavy atom. The third-order valence-corrected chi connectivity index (χ3v) is 0. The van der Waals surface area contributed by atoms with Crippen LogP contribution in [0.25, 0.3) is 0 Å². The van der Waals surface area contributed by atoms with Gasteiger partial charge in [-0.3, -0.25) is 23.3 Å². The van der Waals surface area contributed by atoms with E-state index in [0.717, 1.165) is 0 Å². The van der Waals surface area contributed by atoms with Crippen LogP contribution in [0.2, 0.25) is 0 Å². The van der Waals surface area contributed by atoms with Crippen LogP contribution in [0.3, 0.4) is 0 Å². The van der Waals surface area contributed by atoms with Gasteiger partial charge >= 0.3 is 17.1 Å². The third kappa shape index (κ3) is 125. The summed E-state index contributed by atoms with van der Waals surface area (Å²) in [5, 5.41) is 0. The molecule has 0 nitrogen and oxygen atoms in total. The zero-order valence-corrected chi connectivity index (χ0v) is 12.1. The van der Waals surface area contributed by atoms with Gasteiger partial charge in [-0.25, -0.2) is 0 Å². The Balaban J connectivity index is -0.00000000762. The molecule has 0 radical (unpaired) electrons. The summed E-state index contributed by atoms with van der Waals surface area (Å²) in [4.78, 5) is 0. The van der Waals surface area contributed by atoms with Gasteiger partial charge in [0.15, 0.2) is 0 Å². The van der Waals surface area contributed by atoms with Gasteiger partial charge in [0.1, 0.15) is 0 Å². The van der Waals surface area contributed by atoms with Crippen LogP contribution in [0.1, 0.15) is 0 Å². The molecule has 60 valence electrons. The van der Waals surface area contributed by atoms with Crippen molar-refractivity contribution in [1.82, 2.24) is 0 Å². The largest absolute Gasteiger partial charge is 4.00 e. The van der Waals surface area contributed by atoms with Gasteiger partial charge in [-0.05, 0) is 0 Å². The first-order valence-corrected chi connectivity index (χ1v) is 5.55. The Labute approximate surface area is 103 Å². The standard InChI is InChI=1S/4CH2Br.Fe/c4*1-2;/h4*1H2;/q4*-1;+4. The molecule has 0 spiro atoms. The minimum atomic E-state index is 0. The summed E-state index contributed by atoms with van der Waals surface area (Å²) in [6, 6.07) is 0. The molecule has 0 rings (SSSR count). The van der Waals surface area contributed by atoms with Gasteiger partial charge in [0.25, 0.3) is 0 Å². The maximum Gasteiger partial charge on any atom is 4.00 e. The molecule has 0 aromatic heterocycles. The van der Waals surface area contributed by atoms with Crippen LogP contribution in [-0.2, 0) is 17.1 Å². The molecule has 0 saturated carbocycles. The van der Waals surface area contributed by atoms with Crippen LogP contribution in [0, 0.1) is 23.3 Å². The van der Waals surface area contributed by atoms with E-state index < -0.39 is 0 Å². The quantitative estimate of drug-likeness (QED) is 0.386. The van der Waals surface area contributed by atoms with Crippen molar-refractivity contribution >= 4 is 63.7 Å². The molecule has 0 aliphatic carbocycles. The van der Waals surface area contributed by atoms with Gasteiger partial charge in [0.2, 0.25) is 0 Å². The summed E-state index contributed by atoms with van der Waals surface area (Å²) in [5.41, 5.74) is 0. The number of hydrogen-bond acceptors (Lipinski definition) is 0. The predicted molar refractivity (Wildman–Crippen MR) is 57.1 cm³/mol. The van der Waals surface area contributed by atoms with Gasteiger partial charge in [-0.2, -0.15) is 0 Å². The van der Waals surface area contributed by atoms with Gasteiger partial charge < -0.3 is 63.7 Å². The molecule has 0 fully saturated rings. The zero-order chi connectivity index (χ0) is 8.00. The van der Waals surface area contributed by atoms with Crippen molar-refractivity contribution in [2.24, 2.45) is 0 Å². The first-order chi connectivity index (χ1) is 4.00. The summed E-state index contributed by atoms with van der Waals surface area (Å²) < 4.78 is 0. The molecule has 0 atom stereocenters. The molecule has 0 aromatic carbocycles. The Morgan fingerprint density at radius 3 is 0.444 bits per heavy atom. The SMILES string of the molecule is [CH2-]Br.[CH2-]Br.[CH2-]Br.[CH2-]Br.[Fe+4]. The summed E-state index contributed by atoms with van der Waals surface area (Å²) >= 11 is 10.8. The van der Waals surface area contributed by atoms with Crippen molar-refractivity contribution in [3.8, 4) is 0 Å². The summed E-state index contributed by atoms with van der Waals surface area (Å²) in [5.74, 6) is 12.2. The number of halogens is 4. The van der Waals surface area contributed by atoms with Crippen molar-refractivity contribution in [3.63, 3.8) is 0 Å². The Bertz CT molecular complexity index is 12.5. The van der Waals surface area contributed by atoms with E-state index in [1.165, 1.54) is 0 Å². The second kappa shape index (κ2) is 156. The monoisotopic (exact) mass is 428 g/mol. The second-order valence-electron chi connectivity index (χ2n) is 0. The van der Waals surface area contributed by atoms with E-state index in [0.29, 0.717) is 0 Å². The Kier molecular flexibility index (Phi) is 522. The van der Waals surface area contributed by atoms with E-state index >= 15 is 0 Å². The molecule has 0 bridgehead atoms. The summed E-state index contributed by atoms with van der Waals surface area (Å²) in [7, 11) is 0. The molecular weight excluding hydrogens is 424 g/mol. The van der Waals surface area contributed by atoms with Crippen molar-refractivity contribution in [2.45, 2.75) is 0 Å². The van der Waals surface area contributed by atoms with Gasteiger partial charge in [0, 0.05) is 0 Å². The van der Waals surface area contributed by atoms with Crippen LogP contribution in [-0.4, -0.2) is 0 Å². The van der Waals surface area contributed by atoms with Crippen molar-refractivity contribution in [2.75, 3.05) is 0 Å². The molecule has 0 aliphatic rings. The third-order valence-electron chi connectivity index (χ3n) is 0. The van der Waals surface area contributed by atoms with Crippen LogP contribution in [0.4, 0.5) is 0 Å². The maximum atomic E-state index is 3.06. The molecule has 0 aliphatic heterocycles. The van der Waals surface area contributed by atoms with E-state index in [2.05, 4.69) is 87.1 Å². The average Bonchev–Trinajstić information content (AvgIpc) is 2.03. The molecular formula is C4H8Br4Fe. The van der Waals surface area contributed by atoms with Crippen molar-refractivity contribution in [3.05, 3.63) is 23.3 Å². The van der Waals surface area contributed by atoms with E-state index in [9.17, 15) is 0 Å². The van der Waals surface area contributed by atoms with Crippen molar-refractivity contribution < 1.29 is 17.1 Å². The topological polar surface area (TPSA) is 0 Å². The number of rotatable bonds is 0. The van der Waals surface area contributed by atoms with Crippen LogP contribution in [0.15, 0.2) is 0 Å². The normalized spacial score (nSPS) is 2.67. The maximum absolute atomic E-state index is 3.06.